The van der Waals surface area contributed by atoms with E-state index in [-0.39, 0.29) is 17.5 Å². The van der Waals surface area contributed by atoms with Crippen LogP contribution in [0.1, 0.15) is 33.8 Å². The predicted octanol–water partition coefficient (Wildman–Crippen LogP) is 2.43. The number of aliphatic hydroxyl groups is 1. The Bertz CT molecular complexity index is 1010. The number of piperazine rings is 1. The number of carbonyl (C=O) groups excluding carboxylic acids is 1. The molecule has 3 heterocycles. The van der Waals surface area contributed by atoms with E-state index >= 15 is 0 Å². The van der Waals surface area contributed by atoms with Crippen molar-refractivity contribution in [3.05, 3.63) is 71.6 Å². The Morgan fingerprint density at radius 2 is 1.97 bits per heavy atom. The van der Waals surface area contributed by atoms with Gasteiger partial charge in [-0.3, -0.25) is 4.79 Å². The molecule has 0 radical (unpaired) electrons. The SMILES string of the molecule is COc1cccc(C(O)c2nc(C(=O)N3CCN(c4ccccn4)CC3)c(C)o2)c1. The molecule has 1 atom stereocenters. The number of aromatic nitrogens is 2. The minimum absolute atomic E-state index is 0.0937. The lowest BCUT2D eigenvalue weighted by atomic mass is 10.1. The van der Waals surface area contributed by atoms with E-state index in [1.807, 2.05) is 18.2 Å². The van der Waals surface area contributed by atoms with Crippen LogP contribution in [-0.4, -0.2) is 59.2 Å². The summed E-state index contributed by atoms with van der Waals surface area (Å²) in [6.45, 7) is 4.20. The lowest BCUT2D eigenvalue weighted by molar-refractivity contribution is 0.0739. The number of hydrogen-bond donors (Lipinski definition) is 1. The number of nitrogens with zero attached hydrogens (tertiary/aromatic N) is 4. The zero-order valence-electron chi connectivity index (χ0n) is 17.0. The second kappa shape index (κ2) is 8.54. The van der Waals surface area contributed by atoms with E-state index < -0.39 is 6.10 Å². The van der Waals surface area contributed by atoms with Crippen LogP contribution in [0.15, 0.2) is 53.1 Å². The van der Waals surface area contributed by atoms with Gasteiger partial charge in [0.2, 0.25) is 5.89 Å². The largest absolute Gasteiger partial charge is 0.497 e. The molecule has 8 heteroatoms. The molecule has 1 unspecified atom stereocenters. The van der Waals surface area contributed by atoms with Gasteiger partial charge in [-0.25, -0.2) is 9.97 Å². The molecule has 3 aromatic rings. The molecule has 1 N–H and O–H groups in total. The van der Waals surface area contributed by atoms with Crippen LogP contribution in [-0.2, 0) is 0 Å². The number of aliphatic hydroxyl groups excluding tert-OH is 1. The topological polar surface area (TPSA) is 91.9 Å². The highest BCUT2D eigenvalue weighted by Gasteiger charge is 2.28. The molecule has 0 aliphatic carbocycles. The van der Waals surface area contributed by atoms with E-state index in [1.54, 1.807) is 49.4 Å². The van der Waals surface area contributed by atoms with Gasteiger partial charge in [0.05, 0.1) is 7.11 Å². The number of aryl methyl sites for hydroxylation is 1. The van der Waals surface area contributed by atoms with Crippen molar-refractivity contribution in [2.24, 2.45) is 0 Å². The minimum Gasteiger partial charge on any atom is -0.497 e. The summed E-state index contributed by atoms with van der Waals surface area (Å²) in [5, 5.41) is 10.7. The summed E-state index contributed by atoms with van der Waals surface area (Å²) in [7, 11) is 1.56. The number of oxazole rings is 1. The maximum Gasteiger partial charge on any atom is 0.276 e. The van der Waals surface area contributed by atoms with E-state index in [0.717, 1.165) is 5.82 Å². The van der Waals surface area contributed by atoms with Crippen molar-refractivity contribution in [1.29, 1.82) is 0 Å². The molecule has 2 aromatic heterocycles. The quantitative estimate of drug-likeness (QED) is 0.693. The van der Waals surface area contributed by atoms with Gasteiger partial charge in [0.15, 0.2) is 11.8 Å². The van der Waals surface area contributed by atoms with Crippen molar-refractivity contribution in [1.82, 2.24) is 14.9 Å². The zero-order chi connectivity index (χ0) is 21.1. The van der Waals surface area contributed by atoms with Crippen LogP contribution >= 0.6 is 0 Å². The highest BCUT2D eigenvalue weighted by Crippen LogP contribution is 2.26. The van der Waals surface area contributed by atoms with Gasteiger partial charge in [0.25, 0.3) is 5.91 Å². The Balaban J connectivity index is 1.46. The summed E-state index contributed by atoms with van der Waals surface area (Å²) in [5.74, 6) is 1.82. The van der Waals surface area contributed by atoms with Crippen molar-refractivity contribution in [3.8, 4) is 5.75 Å². The number of pyridine rings is 1. The summed E-state index contributed by atoms with van der Waals surface area (Å²) in [6.07, 6.45) is 0.683. The zero-order valence-corrected chi connectivity index (χ0v) is 17.0. The van der Waals surface area contributed by atoms with Crippen LogP contribution in [0.3, 0.4) is 0 Å². The van der Waals surface area contributed by atoms with Gasteiger partial charge in [-0.1, -0.05) is 18.2 Å². The minimum atomic E-state index is -1.08. The molecule has 1 aliphatic heterocycles. The summed E-state index contributed by atoms with van der Waals surface area (Å²) in [5.41, 5.74) is 0.816. The first-order valence-electron chi connectivity index (χ1n) is 9.81. The van der Waals surface area contributed by atoms with Crippen LogP contribution in [0.4, 0.5) is 5.82 Å². The van der Waals surface area contributed by atoms with Crippen molar-refractivity contribution in [2.45, 2.75) is 13.0 Å². The van der Waals surface area contributed by atoms with Gasteiger partial charge in [0, 0.05) is 32.4 Å². The molecule has 0 bridgehead atoms. The van der Waals surface area contributed by atoms with Crippen molar-refractivity contribution in [3.63, 3.8) is 0 Å². The summed E-state index contributed by atoms with van der Waals surface area (Å²) in [4.78, 5) is 25.6. The van der Waals surface area contributed by atoms with E-state index in [9.17, 15) is 9.90 Å². The molecule has 0 spiro atoms. The maximum atomic E-state index is 13.0. The summed E-state index contributed by atoms with van der Waals surface area (Å²) < 4.78 is 10.8. The van der Waals surface area contributed by atoms with Gasteiger partial charge in [-0.15, -0.1) is 0 Å². The van der Waals surface area contributed by atoms with Crippen molar-refractivity contribution < 1.29 is 19.1 Å². The second-order valence-corrected chi connectivity index (χ2v) is 7.10. The Labute approximate surface area is 174 Å². The Morgan fingerprint density at radius 1 is 1.17 bits per heavy atom. The number of hydrogen-bond acceptors (Lipinski definition) is 7. The van der Waals surface area contributed by atoms with Crippen LogP contribution < -0.4 is 9.64 Å². The van der Waals surface area contributed by atoms with E-state index in [2.05, 4.69) is 14.9 Å². The van der Waals surface area contributed by atoms with E-state index in [4.69, 9.17) is 9.15 Å². The van der Waals surface area contributed by atoms with Gasteiger partial charge in [-0.05, 0) is 36.8 Å². The molecule has 1 saturated heterocycles. The van der Waals surface area contributed by atoms with Crippen LogP contribution in [0, 0.1) is 6.92 Å². The highest BCUT2D eigenvalue weighted by molar-refractivity contribution is 5.93. The molecule has 1 aromatic carbocycles. The number of rotatable bonds is 5. The van der Waals surface area contributed by atoms with E-state index in [1.165, 1.54) is 0 Å². The summed E-state index contributed by atoms with van der Waals surface area (Å²) in [6, 6.07) is 12.8. The lowest BCUT2D eigenvalue weighted by Gasteiger charge is -2.35. The third-order valence-electron chi connectivity index (χ3n) is 5.20. The summed E-state index contributed by atoms with van der Waals surface area (Å²) >= 11 is 0. The van der Waals surface area contributed by atoms with Gasteiger partial charge < -0.3 is 24.1 Å². The number of anilines is 1. The second-order valence-electron chi connectivity index (χ2n) is 7.10. The van der Waals surface area contributed by atoms with E-state index in [0.29, 0.717) is 43.3 Å². The molecule has 4 rings (SSSR count). The standard InChI is InChI=1S/C22H24N4O4/c1-15-19(24-21(30-15)20(27)16-6-5-7-17(14-16)29-2)22(28)26-12-10-25(11-13-26)18-8-3-4-9-23-18/h3-9,14,20,27H,10-13H2,1-2H3. The number of benzene rings is 1. The Kier molecular flexibility index (Phi) is 5.67. The first-order chi connectivity index (χ1) is 14.6. The molecule has 1 fully saturated rings. The number of ether oxygens (including phenoxy) is 1. The number of carbonyl (C=O) groups is 1. The van der Waals surface area contributed by atoms with Gasteiger partial charge in [0.1, 0.15) is 17.3 Å². The average Bonchev–Trinajstić information content (AvgIpc) is 3.20. The maximum absolute atomic E-state index is 13.0. The van der Waals surface area contributed by atoms with Gasteiger partial charge >= 0.3 is 0 Å². The molecule has 8 nitrogen and oxygen atoms in total. The van der Waals surface area contributed by atoms with Crippen molar-refractivity contribution >= 4 is 11.7 Å². The molecular formula is C22H24N4O4. The third kappa shape index (κ3) is 3.99. The third-order valence-corrected chi connectivity index (χ3v) is 5.20. The number of amides is 1. The van der Waals surface area contributed by atoms with Gasteiger partial charge in [-0.2, -0.15) is 0 Å². The fourth-order valence-electron chi connectivity index (χ4n) is 3.52. The van der Waals surface area contributed by atoms with Crippen LogP contribution in [0.2, 0.25) is 0 Å². The Hall–Kier alpha value is -3.39. The molecule has 30 heavy (non-hydrogen) atoms. The predicted molar refractivity (Wildman–Crippen MR) is 111 cm³/mol. The Morgan fingerprint density at radius 3 is 2.67 bits per heavy atom. The number of methoxy groups -OCH3 is 1. The molecule has 156 valence electrons. The van der Waals surface area contributed by atoms with Crippen molar-refractivity contribution in [2.75, 3.05) is 38.2 Å². The first-order valence-corrected chi connectivity index (χ1v) is 9.81. The molecule has 0 saturated carbocycles. The highest BCUT2D eigenvalue weighted by atomic mass is 16.5. The normalized spacial score (nSPS) is 15.2. The molecule has 1 amide bonds. The average molecular weight is 408 g/mol. The molecular weight excluding hydrogens is 384 g/mol. The first kappa shape index (κ1) is 19.9. The van der Waals surface area contributed by atoms with Crippen LogP contribution in [0.25, 0.3) is 0 Å². The smallest absolute Gasteiger partial charge is 0.276 e. The fourth-order valence-corrected chi connectivity index (χ4v) is 3.52. The van der Waals surface area contributed by atoms with Crippen LogP contribution in [0.5, 0.6) is 5.75 Å². The lowest BCUT2D eigenvalue weighted by Crippen LogP contribution is -2.49. The fraction of sp³-hybridized carbons (Fsp3) is 0.318. The monoisotopic (exact) mass is 408 g/mol. The molecule has 1 aliphatic rings.